The van der Waals surface area contributed by atoms with Crippen molar-refractivity contribution in [1.82, 2.24) is 9.13 Å². The lowest BCUT2D eigenvalue weighted by atomic mass is 10.00. The number of amides is 1. The molecule has 1 fully saturated rings. The number of carbonyl (C=O) groups is 1. The molecular weight excluding hydrogens is 516 g/mol. The third-order valence-electron chi connectivity index (χ3n) is 6.75. The normalized spacial score (nSPS) is 17.8. The number of carbonyl (C=O) groups excluding carboxylic acids is 1. The first kappa shape index (κ1) is 25.3. The molecule has 7 nitrogen and oxygen atoms in total. The largest absolute Gasteiger partial charge is 0.389 e. The first-order valence-corrected chi connectivity index (χ1v) is 12.7. The molecule has 37 heavy (non-hydrogen) atoms. The molecule has 1 saturated heterocycles. The molecule has 4 aromatic rings. The summed E-state index contributed by atoms with van der Waals surface area (Å²) in [6.07, 6.45) is -0.375. The molecular formula is C27H26Cl2FN5O2. The summed E-state index contributed by atoms with van der Waals surface area (Å²) >= 11 is 12.6. The average Bonchev–Trinajstić information content (AvgIpc) is 3.11. The minimum atomic E-state index is -0.866. The van der Waals surface area contributed by atoms with Crippen LogP contribution < -0.4 is 15.8 Å². The summed E-state index contributed by atoms with van der Waals surface area (Å²) in [4.78, 5) is 13.7. The van der Waals surface area contributed by atoms with Gasteiger partial charge in [-0.3, -0.25) is 10.2 Å². The highest BCUT2D eigenvalue weighted by Crippen LogP contribution is 2.35. The fourth-order valence-electron chi connectivity index (χ4n) is 5.07. The highest BCUT2D eigenvalue weighted by Gasteiger charge is 2.32. The van der Waals surface area contributed by atoms with Gasteiger partial charge in [0.2, 0.25) is 11.5 Å². The summed E-state index contributed by atoms with van der Waals surface area (Å²) in [5, 5.41) is 24.2. The van der Waals surface area contributed by atoms with Gasteiger partial charge >= 0.3 is 0 Å². The first-order valence-electron chi connectivity index (χ1n) is 11.9. The highest BCUT2D eigenvalue weighted by atomic mass is 35.5. The van der Waals surface area contributed by atoms with Crippen molar-refractivity contribution in [3.05, 3.63) is 87.7 Å². The van der Waals surface area contributed by atoms with Crippen molar-refractivity contribution in [2.45, 2.75) is 32.0 Å². The van der Waals surface area contributed by atoms with E-state index >= 15 is 0 Å². The van der Waals surface area contributed by atoms with Crippen molar-refractivity contribution in [3.63, 3.8) is 0 Å². The molecule has 0 bridgehead atoms. The summed E-state index contributed by atoms with van der Waals surface area (Å²) in [5.74, 6) is -0.622. The Bertz CT molecular complexity index is 1550. The Kier molecular flexibility index (Phi) is 6.98. The number of halogens is 3. The number of β-amino-alcohol motifs (C(OH)–C–C–N with tert-alkyl or cyclic N) is 1. The van der Waals surface area contributed by atoms with E-state index in [4.69, 9.17) is 28.6 Å². The van der Waals surface area contributed by atoms with Crippen LogP contribution in [-0.4, -0.2) is 39.3 Å². The monoisotopic (exact) mass is 541 g/mol. The van der Waals surface area contributed by atoms with Crippen LogP contribution in [0, 0.1) is 11.2 Å². The highest BCUT2D eigenvalue weighted by molar-refractivity contribution is 6.31. The summed E-state index contributed by atoms with van der Waals surface area (Å²) in [7, 11) is 0. The van der Waals surface area contributed by atoms with Crippen molar-refractivity contribution in [1.29, 1.82) is 5.41 Å². The molecule has 0 unspecified atom stereocenters. The number of aromatic nitrogens is 2. The molecule has 3 N–H and O–H groups in total. The second-order valence-corrected chi connectivity index (χ2v) is 10.1. The van der Waals surface area contributed by atoms with Crippen LogP contribution >= 0.6 is 23.2 Å². The van der Waals surface area contributed by atoms with Gasteiger partial charge in [0.15, 0.2) is 0 Å². The fraction of sp³-hybridized carbons (Fsp3) is 0.259. The summed E-state index contributed by atoms with van der Waals surface area (Å²) in [5.41, 5.74) is 3.53. The molecule has 10 heteroatoms. The first-order chi connectivity index (χ1) is 17.7. The molecule has 2 atom stereocenters. The number of rotatable bonds is 5. The molecule has 1 aliphatic rings. The van der Waals surface area contributed by atoms with Gasteiger partial charge in [-0.05, 0) is 54.4 Å². The summed E-state index contributed by atoms with van der Waals surface area (Å²) in [6.45, 7) is 2.55. The zero-order chi connectivity index (χ0) is 26.3. The Balaban J connectivity index is 1.51. The van der Waals surface area contributed by atoms with E-state index < -0.39 is 18.0 Å². The van der Waals surface area contributed by atoms with Gasteiger partial charge in [0.1, 0.15) is 5.82 Å². The number of hydrogen-bond donors (Lipinski definition) is 3. The van der Waals surface area contributed by atoms with Gasteiger partial charge in [-0.25, -0.2) is 4.39 Å². The molecule has 1 amide bonds. The summed E-state index contributed by atoms with van der Waals surface area (Å²) < 4.78 is 17.9. The zero-order valence-corrected chi connectivity index (χ0v) is 21.6. The maximum absolute atomic E-state index is 14.4. The van der Waals surface area contributed by atoms with Crippen molar-refractivity contribution in [2.75, 3.05) is 23.3 Å². The maximum atomic E-state index is 14.4. The van der Waals surface area contributed by atoms with E-state index in [0.717, 1.165) is 5.56 Å². The molecule has 0 saturated carbocycles. The van der Waals surface area contributed by atoms with Gasteiger partial charge in [-0.1, -0.05) is 41.4 Å². The number of imidazole rings is 1. The van der Waals surface area contributed by atoms with Gasteiger partial charge in [-0.15, -0.1) is 0 Å². The lowest BCUT2D eigenvalue weighted by Crippen LogP contribution is -2.47. The Morgan fingerprint density at radius 2 is 1.92 bits per heavy atom. The molecule has 192 valence electrons. The molecule has 0 aliphatic carbocycles. The number of nitrogens with one attached hydrogen (secondary N) is 2. The van der Waals surface area contributed by atoms with E-state index in [1.165, 1.54) is 19.1 Å². The molecule has 1 aliphatic heterocycles. The number of anilines is 2. The number of benzene rings is 3. The quantitative estimate of drug-likeness (QED) is 0.325. The Morgan fingerprint density at radius 1 is 1.14 bits per heavy atom. The van der Waals surface area contributed by atoms with Gasteiger partial charge in [0, 0.05) is 30.1 Å². The third kappa shape index (κ3) is 4.97. The lowest BCUT2D eigenvalue weighted by molar-refractivity contribution is -0.114. The molecule has 5 rings (SSSR count). The van der Waals surface area contributed by atoms with Gasteiger partial charge in [-0.2, -0.15) is 0 Å². The minimum absolute atomic E-state index is 0.153. The molecule has 0 radical (unpaired) electrons. The summed E-state index contributed by atoms with van der Waals surface area (Å²) in [6, 6.07) is 16.6. The topological polar surface area (TPSA) is 86.3 Å². The molecule has 2 heterocycles. The van der Waals surface area contributed by atoms with Crippen molar-refractivity contribution in [2.24, 2.45) is 0 Å². The van der Waals surface area contributed by atoms with Crippen LogP contribution in [0.2, 0.25) is 10.0 Å². The number of nitrogens with zero attached hydrogens (tertiary/aromatic N) is 3. The van der Waals surface area contributed by atoms with Crippen LogP contribution in [0.4, 0.5) is 15.8 Å². The van der Waals surface area contributed by atoms with Crippen LogP contribution in [0.25, 0.3) is 11.0 Å². The standard InChI is InChI=1S/C27H26Cl2FN5O2/c1-16(36)32-21-8-6-18(28)12-24(21)33-11-10-23(26(37)15-33)35-25-13-19(30)7-9-22(25)34(27(35)31)14-17-4-2-3-5-20(17)29/h2-9,12-13,23,26,31,37H,10-11,14-15H2,1H3,(H,32,36)/t23-,26-/m0/s1. The second-order valence-electron chi connectivity index (χ2n) is 9.22. The van der Waals surface area contributed by atoms with Gasteiger partial charge < -0.3 is 24.5 Å². The van der Waals surface area contributed by atoms with Crippen LogP contribution in [-0.2, 0) is 11.3 Å². The lowest BCUT2D eigenvalue weighted by Gasteiger charge is -2.38. The SMILES string of the molecule is CC(=O)Nc1ccc(Cl)cc1N1CC[C@H](n2c(=N)n(Cc3ccccc3Cl)c3ccc(F)cc32)[C@@H](O)C1. The van der Waals surface area contributed by atoms with E-state index in [1.807, 2.05) is 23.1 Å². The Morgan fingerprint density at radius 3 is 2.65 bits per heavy atom. The van der Waals surface area contributed by atoms with Crippen molar-refractivity contribution >= 4 is 51.5 Å². The number of piperidine rings is 1. The zero-order valence-electron chi connectivity index (χ0n) is 20.1. The predicted octanol–water partition coefficient (Wildman–Crippen LogP) is 5.19. The van der Waals surface area contributed by atoms with E-state index in [-0.39, 0.29) is 18.1 Å². The second kappa shape index (κ2) is 10.2. The van der Waals surface area contributed by atoms with Crippen LogP contribution in [0.3, 0.4) is 0 Å². The number of hydrogen-bond acceptors (Lipinski definition) is 4. The van der Waals surface area contributed by atoms with Gasteiger partial charge in [0.25, 0.3) is 0 Å². The van der Waals surface area contributed by atoms with Crippen LogP contribution in [0.5, 0.6) is 0 Å². The van der Waals surface area contributed by atoms with Gasteiger partial charge in [0.05, 0.1) is 41.1 Å². The van der Waals surface area contributed by atoms with E-state index in [1.54, 1.807) is 39.5 Å². The predicted molar refractivity (Wildman–Crippen MR) is 144 cm³/mol. The molecule has 3 aromatic carbocycles. The number of fused-ring (bicyclic) bond motifs is 1. The van der Waals surface area contributed by atoms with Crippen LogP contribution in [0.15, 0.2) is 60.7 Å². The number of aliphatic hydroxyl groups is 1. The fourth-order valence-corrected chi connectivity index (χ4v) is 5.43. The van der Waals surface area contributed by atoms with Crippen molar-refractivity contribution in [3.8, 4) is 0 Å². The van der Waals surface area contributed by atoms with Crippen molar-refractivity contribution < 1.29 is 14.3 Å². The third-order valence-corrected chi connectivity index (χ3v) is 7.35. The maximum Gasteiger partial charge on any atom is 0.221 e. The minimum Gasteiger partial charge on any atom is -0.389 e. The molecule has 0 spiro atoms. The van der Waals surface area contributed by atoms with E-state index in [9.17, 15) is 14.3 Å². The van der Waals surface area contributed by atoms with E-state index in [0.29, 0.717) is 52.0 Å². The Labute approximate surface area is 223 Å². The van der Waals surface area contributed by atoms with E-state index in [2.05, 4.69) is 5.32 Å². The molecule has 1 aromatic heterocycles. The van der Waals surface area contributed by atoms with Crippen LogP contribution in [0.1, 0.15) is 24.9 Å². The Hall–Kier alpha value is -3.33. The average molecular weight is 542 g/mol. The number of aliphatic hydroxyl groups excluding tert-OH is 1. The smallest absolute Gasteiger partial charge is 0.221 e.